The fourth-order valence-electron chi connectivity index (χ4n) is 1.50. The van der Waals surface area contributed by atoms with Crippen LogP contribution in [0, 0.1) is 13.8 Å². The molecule has 0 amide bonds. The molecule has 2 rings (SSSR count). The van der Waals surface area contributed by atoms with Crippen LogP contribution in [0.15, 0.2) is 24.3 Å². The maximum Gasteiger partial charge on any atom is 0.137 e. The third-order valence-corrected chi connectivity index (χ3v) is 2.46. The molecule has 3 nitrogen and oxygen atoms in total. The van der Waals surface area contributed by atoms with Crippen molar-refractivity contribution < 1.29 is 5.11 Å². The van der Waals surface area contributed by atoms with Crippen LogP contribution in [-0.4, -0.2) is 15.1 Å². The molecular formula is C12H14N2O. The van der Waals surface area contributed by atoms with Gasteiger partial charge < -0.3 is 10.1 Å². The smallest absolute Gasteiger partial charge is 0.137 e. The number of hydrogen-bond donors (Lipinski definition) is 2. The van der Waals surface area contributed by atoms with E-state index in [1.807, 2.05) is 31.2 Å². The second-order valence-electron chi connectivity index (χ2n) is 3.68. The molecule has 0 unspecified atom stereocenters. The zero-order valence-corrected chi connectivity index (χ0v) is 8.91. The Balaban J connectivity index is 2.41. The molecule has 3 heteroatoms. The van der Waals surface area contributed by atoms with Gasteiger partial charge in [0.15, 0.2) is 0 Å². The molecular weight excluding hydrogens is 188 g/mol. The molecule has 15 heavy (non-hydrogen) atoms. The van der Waals surface area contributed by atoms with Gasteiger partial charge in [-0.1, -0.05) is 29.8 Å². The summed E-state index contributed by atoms with van der Waals surface area (Å²) in [5, 5.41) is 9.04. The average molecular weight is 202 g/mol. The number of hydrogen-bond acceptors (Lipinski definition) is 2. The van der Waals surface area contributed by atoms with Crippen LogP contribution >= 0.6 is 0 Å². The first-order valence-electron chi connectivity index (χ1n) is 4.94. The van der Waals surface area contributed by atoms with Crippen molar-refractivity contribution in [3.8, 4) is 11.4 Å². The van der Waals surface area contributed by atoms with Crippen LogP contribution in [-0.2, 0) is 6.61 Å². The quantitative estimate of drug-likeness (QED) is 0.784. The van der Waals surface area contributed by atoms with Crippen LogP contribution in [0.5, 0.6) is 0 Å². The lowest BCUT2D eigenvalue weighted by Gasteiger charge is -1.96. The number of aromatic amines is 1. The van der Waals surface area contributed by atoms with Crippen molar-refractivity contribution in [2.45, 2.75) is 20.5 Å². The van der Waals surface area contributed by atoms with Crippen LogP contribution in [0.2, 0.25) is 0 Å². The van der Waals surface area contributed by atoms with Crippen LogP contribution in [0.25, 0.3) is 11.4 Å². The molecule has 1 aromatic heterocycles. The summed E-state index contributed by atoms with van der Waals surface area (Å²) in [6.07, 6.45) is 0. The number of imidazole rings is 1. The summed E-state index contributed by atoms with van der Waals surface area (Å²) in [5.74, 6) is 0.816. The SMILES string of the molecule is Cc1ccc(-c2nc(CO)c(C)[nH]2)cc1. The van der Waals surface area contributed by atoms with E-state index >= 15 is 0 Å². The molecule has 0 spiro atoms. The minimum atomic E-state index is -0.0196. The van der Waals surface area contributed by atoms with Gasteiger partial charge in [-0.15, -0.1) is 0 Å². The third-order valence-electron chi connectivity index (χ3n) is 2.46. The highest BCUT2D eigenvalue weighted by molar-refractivity contribution is 5.56. The first kappa shape index (κ1) is 9.93. The maximum absolute atomic E-state index is 9.04. The van der Waals surface area contributed by atoms with Crippen LogP contribution in [0.4, 0.5) is 0 Å². The highest BCUT2D eigenvalue weighted by atomic mass is 16.3. The molecule has 0 radical (unpaired) electrons. The van der Waals surface area contributed by atoms with Crippen LogP contribution < -0.4 is 0 Å². The Kier molecular flexibility index (Phi) is 2.56. The topological polar surface area (TPSA) is 48.9 Å². The highest BCUT2D eigenvalue weighted by Crippen LogP contribution is 2.18. The average Bonchev–Trinajstić information content (AvgIpc) is 2.61. The Bertz CT molecular complexity index is 457. The summed E-state index contributed by atoms with van der Waals surface area (Å²) in [4.78, 5) is 7.48. The molecule has 0 fully saturated rings. The number of aryl methyl sites for hydroxylation is 2. The Morgan fingerprint density at radius 1 is 1.20 bits per heavy atom. The molecule has 1 heterocycles. The fourth-order valence-corrected chi connectivity index (χ4v) is 1.50. The van der Waals surface area contributed by atoms with Crippen molar-refractivity contribution in [2.75, 3.05) is 0 Å². The van der Waals surface area contributed by atoms with Gasteiger partial charge in [0.2, 0.25) is 0 Å². The summed E-state index contributed by atoms with van der Waals surface area (Å²) < 4.78 is 0. The molecule has 0 aliphatic rings. The van der Waals surface area contributed by atoms with Gasteiger partial charge in [0.25, 0.3) is 0 Å². The van der Waals surface area contributed by atoms with Gasteiger partial charge in [-0.2, -0.15) is 0 Å². The molecule has 1 aromatic carbocycles. The summed E-state index contributed by atoms with van der Waals surface area (Å²) in [6, 6.07) is 8.14. The van der Waals surface area contributed by atoms with Crippen LogP contribution in [0.3, 0.4) is 0 Å². The lowest BCUT2D eigenvalue weighted by molar-refractivity contribution is 0.276. The lowest BCUT2D eigenvalue weighted by Crippen LogP contribution is -1.85. The maximum atomic E-state index is 9.04. The molecule has 2 N–H and O–H groups in total. The molecule has 0 saturated carbocycles. The molecule has 0 saturated heterocycles. The summed E-state index contributed by atoms with van der Waals surface area (Å²) in [5.41, 5.74) is 3.91. The van der Waals surface area contributed by atoms with E-state index in [2.05, 4.69) is 16.9 Å². The van der Waals surface area contributed by atoms with E-state index in [0.29, 0.717) is 5.69 Å². The van der Waals surface area contributed by atoms with Gasteiger partial charge in [-0.3, -0.25) is 0 Å². The minimum Gasteiger partial charge on any atom is -0.390 e. The largest absolute Gasteiger partial charge is 0.390 e. The van der Waals surface area contributed by atoms with Crippen molar-refractivity contribution in [2.24, 2.45) is 0 Å². The van der Waals surface area contributed by atoms with Crippen molar-refractivity contribution in [1.29, 1.82) is 0 Å². The summed E-state index contributed by atoms with van der Waals surface area (Å²) in [6.45, 7) is 3.95. The number of aromatic nitrogens is 2. The van der Waals surface area contributed by atoms with E-state index in [4.69, 9.17) is 5.11 Å². The van der Waals surface area contributed by atoms with E-state index < -0.39 is 0 Å². The number of benzene rings is 1. The number of H-pyrrole nitrogens is 1. The Labute approximate surface area is 88.8 Å². The van der Waals surface area contributed by atoms with E-state index in [1.165, 1.54) is 5.56 Å². The van der Waals surface area contributed by atoms with Crippen molar-refractivity contribution in [1.82, 2.24) is 9.97 Å². The van der Waals surface area contributed by atoms with E-state index in [9.17, 15) is 0 Å². The predicted molar refractivity (Wildman–Crippen MR) is 59.4 cm³/mol. The number of nitrogens with one attached hydrogen (secondary N) is 1. The number of nitrogens with zero attached hydrogens (tertiary/aromatic N) is 1. The number of aliphatic hydroxyl groups is 1. The van der Waals surface area contributed by atoms with Gasteiger partial charge in [0.05, 0.1) is 12.3 Å². The monoisotopic (exact) mass is 202 g/mol. The fraction of sp³-hybridized carbons (Fsp3) is 0.250. The molecule has 0 aliphatic heterocycles. The van der Waals surface area contributed by atoms with Crippen molar-refractivity contribution in [3.05, 3.63) is 41.2 Å². The normalized spacial score (nSPS) is 10.6. The second-order valence-corrected chi connectivity index (χ2v) is 3.68. The summed E-state index contributed by atoms with van der Waals surface area (Å²) in [7, 11) is 0. The molecule has 0 atom stereocenters. The zero-order valence-electron chi connectivity index (χ0n) is 8.91. The molecule has 0 bridgehead atoms. The van der Waals surface area contributed by atoms with Gasteiger partial charge in [0, 0.05) is 11.3 Å². The predicted octanol–water partition coefficient (Wildman–Crippen LogP) is 2.19. The van der Waals surface area contributed by atoms with Crippen molar-refractivity contribution in [3.63, 3.8) is 0 Å². The van der Waals surface area contributed by atoms with Crippen LogP contribution in [0.1, 0.15) is 17.0 Å². The molecule has 2 aromatic rings. The summed E-state index contributed by atoms with van der Waals surface area (Å²) >= 11 is 0. The van der Waals surface area contributed by atoms with Gasteiger partial charge in [0.1, 0.15) is 5.82 Å². The van der Waals surface area contributed by atoms with Gasteiger partial charge >= 0.3 is 0 Å². The van der Waals surface area contributed by atoms with E-state index in [1.54, 1.807) is 0 Å². The van der Waals surface area contributed by atoms with Gasteiger partial charge in [-0.05, 0) is 13.8 Å². The third kappa shape index (κ3) is 1.92. The van der Waals surface area contributed by atoms with Crippen molar-refractivity contribution >= 4 is 0 Å². The van der Waals surface area contributed by atoms with E-state index in [0.717, 1.165) is 17.1 Å². The Morgan fingerprint density at radius 3 is 2.40 bits per heavy atom. The first-order valence-corrected chi connectivity index (χ1v) is 4.94. The number of rotatable bonds is 2. The zero-order chi connectivity index (χ0) is 10.8. The Morgan fingerprint density at radius 2 is 1.87 bits per heavy atom. The first-order chi connectivity index (χ1) is 7.20. The lowest BCUT2D eigenvalue weighted by atomic mass is 10.1. The highest BCUT2D eigenvalue weighted by Gasteiger charge is 2.06. The molecule has 0 aliphatic carbocycles. The number of aliphatic hydroxyl groups excluding tert-OH is 1. The standard InChI is InChI=1S/C12H14N2O/c1-8-3-5-10(6-4-8)12-13-9(2)11(7-15)14-12/h3-6,15H,7H2,1-2H3,(H,13,14). The second kappa shape index (κ2) is 3.87. The van der Waals surface area contributed by atoms with E-state index in [-0.39, 0.29) is 6.61 Å². The molecule has 78 valence electrons. The van der Waals surface area contributed by atoms with Gasteiger partial charge in [-0.25, -0.2) is 4.98 Å². The Hall–Kier alpha value is -1.61. The minimum absolute atomic E-state index is 0.0196.